The molecule has 0 aromatic heterocycles. The molecule has 1 amide bonds. The van der Waals surface area contributed by atoms with E-state index in [0.717, 1.165) is 0 Å². The first-order chi connectivity index (χ1) is 5.37. The molecular weight excluding hydrogens is 158 g/mol. The highest BCUT2D eigenvalue weighted by molar-refractivity contribution is 5.89. The molecule has 0 saturated heterocycles. The smallest absolute Gasteiger partial charge is 0.405 e. The molecular formula is C8H13NO3. The van der Waals surface area contributed by atoms with E-state index in [-0.39, 0.29) is 12.2 Å². The molecule has 0 saturated carbocycles. The molecule has 0 aliphatic carbocycles. The third-order valence-corrected chi connectivity index (χ3v) is 1.20. The van der Waals surface area contributed by atoms with E-state index in [9.17, 15) is 9.59 Å². The Morgan fingerprint density at radius 1 is 1.58 bits per heavy atom. The van der Waals surface area contributed by atoms with Crippen LogP contribution in [0.2, 0.25) is 0 Å². The van der Waals surface area contributed by atoms with Gasteiger partial charge in [0, 0.05) is 6.42 Å². The predicted octanol–water partition coefficient (Wildman–Crippen LogP) is 1.01. The third-order valence-electron chi connectivity index (χ3n) is 1.20. The van der Waals surface area contributed by atoms with Gasteiger partial charge in [-0.15, -0.1) is 0 Å². The van der Waals surface area contributed by atoms with Gasteiger partial charge in [-0.2, -0.15) is 0 Å². The Kier molecular flexibility index (Phi) is 3.47. The number of rotatable bonds is 4. The van der Waals surface area contributed by atoms with Crippen LogP contribution in [0.15, 0.2) is 12.7 Å². The van der Waals surface area contributed by atoms with Crippen LogP contribution in [0.3, 0.4) is 0 Å². The van der Waals surface area contributed by atoms with Crippen molar-refractivity contribution >= 4 is 11.9 Å². The fraction of sp³-hybridized carbons (Fsp3) is 0.500. The Morgan fingerprint density at radius 3 is 2.42 bits per heavy atom. The summed E-state index contributed by atoms with van der Waals surface area (Å²) in [7, 11) is 0. The number of ether oxygens (including phenoxy) is 1. The van der Waals surface area contributed by atoms with E-state index >= 15 is 0 Å². The SMILES string of the molecule is C=CC(=O)CC(C)(C)OC(N)=O. The zero-order chi connectivity index (χ0) is 9.78. The number of ketones is 1. The maximum absolute atomic E-state index is 10.9. The summed E-state index contributed by atoms with van der Waals surface area (Å²) in [6.45, 7) is 6.52. The highest BCUT2D eigenvalue weighted by atomic mass is 16.6. The Labute approximate surface area is 71.4 Å². The fourth-order valence-corrected chi connectivity index (χ4v) is 0.800. The lowest BCUT2D eigenvalue weighted by atomic mass is 10.0. The van der Waals surface area contributed by atoms with Gasteiger partial charge in [-0.05, 0) is 19.9 Å². The normalized spacial score (nSPS) is 10.5. The molecule has 12 heavy (non-hydrogen) atoms. The van der Waals surface area contributed by atoms with Gasteiger partial charge in [-0.1, -0.05) is 6.58 Å². The number of amides is 1. The van der Waals surface area contributed by atoms with Crippen LogP contribution in [0, 0.1) is 0 Å². The lowest BCUT2D eigenvalue weighted by Gasteiger charge is -2.22. The van der Waals surface area contributed by atoms with E-state index in [0.29, 0.717) is 0 Å². The summed E-state index contributed by atoms with van der Waals surface area (Å²) in [5.74, 6) is -0.179. The number of carbonyl (C=O) groups excluding carboxylic acids is 2. The molecule has 2 N–H and O–H groups in total. The second-order valence-corrected chi connectivity index (χ2v) is 3.03. The van der Waals surface area contributed by atoms with Gasteiger partial charge in [0.1, 0.15) is 5.60 Å². The van der Waals surface area contributed by atoms with Crippen molar-refractivity contribution < 1.29 is 14.3 Å². The quantitative estimate of drug-likeness (QED) is 0.641. The molecule has 68 valence electrons. The summed E-state index contributed by atoms with van der Waals surface area (Å²) >= 11 is 0. The Hall–Kier alpha value is -1.32. The molecule has 0 atom stereocenters. The Bertz CT molecular complexity index is 208. The van der Waals surface area contributed by atoms with Crippen LogP contribution in [-0.4, -0.2) is 17.5 Å². The highest BCUT2D eigenvalue weighted by Gasteiger charge is 2.23. The zero-order valence-corrected chi connectivity index (χ0v) is 7.29. The van der Waals surface area contributed by atoms with Gasteiger partial charge in [0.15, 0.2) is 5.78 Å². The van der Waals surface area contributed by atoms with E-state index in [1.165, 1.54) is 6.08 Å². The first-order valence-electron chi connectivity index (χ1n) is 3.51. The standard InChI is InChI=1S/C8H13NO3/c1-4-6(10)5-8(2,3)12-7(9)11/h4H,1,5H2,2-3H3,(H2,9,11). The zero-order valence-electron chi connectivity index (χ0n) is 7.29. The summed E-state index contributed by atoms with van der Waals surface area (Å²) < 4.78 is 4.68. The number of allylic oxidation sites excluding steroid dienone is 1. The van der Waals surface area contributed by atoms with E-state index in [4.69, 9.17) is 5.73 Å². The van der Waals surface area contributed by atoms with E-state index < -0.39 is 11.7 Å². The maximum atomic E-state index is 10.9. The predicted molar refractivity (Wildman–Crippen MR) is 44.6 cm³/mol. The van der Waals surface area contributed by atoms with Crippen LogP contribution in [0.1, 0.15) is 20.3 Å². The van der Waals surface area contributed by atoms with Crippen molar-refractivity contribution in [2.45, 2.75) is 25.9 Å². The van der Waals surface area contributed by atoms with E-state index in [1.54, 1.807) is 13.8 Å². The van der Waals surface area contributed by atoms with Gasteiger partial charge in [-0.25, -0.2) is 4.79 Å². The van der Waals surface area contributed by atoms with Crippen LogP contribution in [0.25, 0.3) is 0 Å². The Morgan fingerprint density at radius 2 is 2.08 bits per heavy atom. The van der Waals surface area contributed by atoms with Gasteiger partial charge < -0.3 is 10.5 Å². The minimum Gasteiger partial charge on any atom is -0.443 e. The summed E-state index contributed by atoms with van der Waals surface area (Å²) in [6.07, 6.45) is 0.405. The first-order valence-corrected chi connectivity index (χ1v) is 3.51. The van der Waals surface area contributed by atoms with Crippen LogP contribution in [0.5, 0.6) is 0 Å². The summed E-state index contributed by atoms with van der Waals surface area (Å²) in [5.41, 5.74) is 3.95. The average molecular weight is 171 g/mol. The van der Waals surface area contributed by atoms with Crippen molar-refractivity contribution in [1.29, 1.82) is 0 Å². The average Bonchev–Trinajstić information content (AvgIpc) is 1.83. The van der Waals surface area contributed by atoms with Crippen molar-refractivity contribution in [3.8, 4) is 0 Å². The molecule has 4 heteroatoms. The number of carbonyl (C=O) groups is 2. The molecule has 0 aromatic rings. The van der Waals surface area contributed by atoms with Crippen molar-refractivity contribution in [2.24, 2.45) is 5.73 Å². The van der Waals surface area contributed by atoms with Crippen molar-refractivity contribution in [2.75, 3.05) is 0 Å². The van der Waals surface area contributed by atoms with Gasteiger partial charge >= 0.3 is 6.09 Å². The molecule has 0 heterocycles. The molecule has 0 aromatic carbocycles. The molecule has 0 aliphatic rings. The first kappa shape index (κ1) is 10.7. The fourth-order valence-electron chi connectivity index (χ4n) is 0.800. The number of primary amides is 1. The van der Waals surface area contributed by atoms with Crippen LogP contribution < -0.4 is 5.73 Å². The van der Waals surface area contributed by atoms with Crippen molar-refractivity contribution in [3.63, 3.8) is 0 Å². The van der Waals surface area contributed by atoms with Gasteiger partial charge in [0.05, 0.1) is 0 Å². The van der Waals surface area contributed by atoms with Gasteiger partial charge in [0.25, 0.3) is 0 Å². The van der Waals surface area contributed by atoms with E-state index in [2.05, 4.69) is 11.3 Å². The second kappa shape index (κ2) is 3.90. The number of hydrogen-bond acceptors (Lipinski definition) is 3. The largest absolute Gasteiger partial charge is 0.443 e. The second-order valence-electron chi connectivity index (χ2n) is 3.03. The summed E-state index contributed by atoms with van der Waals surface area (Å²) in [4.78, 5) is 21.2. The molecule has 0 aliphatic heterocycles. The third kappa shape index (κ3) is 4.49. The van der Waals surface area contributed by atoms with Crippen molar-refractivity contribution in [1.82, 2.24) is 0 Å². The summed E-state index contributed by atoms with van der Waals surface area (Å²) in [5, 5.41) is 0. The van der Waals surface area contributed by atoms with Crippen LogP contribution in [0.4, 0.5) is 4.79 Å². The molecule has 0 radical (unpaired) electrons. The lowest BCUT2D eigenvalue weighted by molar-refractivity contribution is -0.118. The summed E-state index contributed by atoms with van der Waals surface area (Å²) in [6, 6.07) is 0. The minimum absolute atomic E-state index is 0.0967. The van der Waals surface area contributed by atoms with Crippen molar-refractivity contribution in [3.05, 3.63) is 12.7 Å². The number of hydrogen-bond donors (Lipinski definition) is 1. The molecule has 0 fully saturated rings. The Balaban J connectivity index is 4.11. The maximum Gasteiger partial charge on any atom is 0.405 e. The number of nitrogens with two attached hydrogens (primary N) is 1. The topological polar surface area (TPSA) is 69.4 Å². The molecule has 0 bridgehead atoms. The van der Waals surface area contributed by atoms with Crippen LogP contribution >= 0.6 is 0 Å². The monoisotopic (exact) mass is 171 g/mol. The molecule has 0 spiro atoms. The van der Waals surface area contributed by atoms with Gasteiger partial charge in [-0.3, -0.25) is 4.79 Å². The molecule has 0 unspecified atom stereocenters. The minimum atomic E-state index is -0.878. The lowest BCUT2D eigenvalue weighted by Crippen LogP contribution is -2.32. The highest BCUT2D eigenvalue weighted by Crippen LogP contribution is 2.14. The molecule has 0 rings (SSSR count). The van der Waals surface area contributed by atoms with E-state index in [1.807, 2.05) is 0 Å². The van der Waals surface area contributed by atoms with Crippen LogP contribution in [-0.2, 0) is 9.53 Å². The van der Waals surface area contributed by atoms with Gasteiger partial charge in [0.2, 0.25) is 0 Å². The molecule has 4 nitrogen and oxygen atoms in total.